The van der Waals surface area contributed by atoms with Gasteiger partial charge in [-0.3, -0.25) is 9.30 Å². The lowest BCUT2D eigenvalue weighted by Crippen LogP contribution is -2.58. The summed E-state index contributed by atoms with van der Waals surface area (Å²) in [6.45, 7) is 4.65. The highest BCUT2D eigenvalue weighted by Gasteiger charge is 2.32. The molecule has 0 aliphatic carbocycles. The number of nitrogens with zero attached hydrogens (tertiary/aromatic N) is 6. The standard InChI is InChI=1S/C17H19ClN6/c1-12-20-21-17-16(19-7-8-24(12)17)23-10-14(11-23)22(2)9-13-5-3-4-6-15(13)18/h3-8,14H,9-11H2,1-2H3. The molecule has 3 aromatic rings. The first-order chi connectivity index (χ1) is 11.6. The van der Waals surface area contributed by atoms with Crippen LogP contribution in [0.4, 0.5) is 5.82 Å². The average molecular weight is 343 g/mol. The van der Waals surface area contributed by atoms with Crippen LogP contribution in [-0.2, 0) is 6.54 Å². The van der Waals surface area contributed by atoms with Gasteiger partial charge >= 0.3 is 0 Å². The van der Waals surface area contributed by atoms with E-state index in [1.54, 1.807) is 6.20 Å². The molecule has 7 heteroatoms. The summed E-state index contributed by atoms with van der Waals surface area (Å²) < 4.78 is 1.98. The van der Waals surface area contributed by atoms with E-state index in [1.807, 2.05) is 35.7 Å². The summed E-state index contributed by atoms with van der Waals surface area (Å²) in [7, 11) is 2.14. The molecule has 2 aromatic heterocycles. The summed E-state index contributed by atoms with van der Waals surface area (Å²) in [6.07, 6.45) is 3.70. The topological polar surface area (TPSA) is 49.6 Å². The molecular weight excluding hydrogens is 324 g/mol. The number of hydrogen-bond acceptors (Lipinski definition) is 5. The number of benzene rings is 1. The lowest BCUT2D eigenvalue weighted by atomic mass is 10.1. The van der Waals surface area contributed by atoms with Gasteiger partial charge in [-0.05, 0) is 25.6 Å². The molecule has 4 rings (SSSR count). The molecule has 1 fully saturated rings. The predicted octanol–water partition coefficient (Wildman–Crippen LogP) is 2.41. The minimum absolute atomic E-state index is 0.479. The predicted molar refractivity (Wildman–Crippen MR) is 94.4 cm³/mol. The van der Waals surface area contributed by atoms with E-state index in [2.05, 4.69) is 38.1 Å². The number of aryl methyl sites for hydroxylation is 1. The average Bonchev–Trinajstić information content (AvgIpc) is 2.91. The Hall–Kier alpha value is -2.18. The van der Waals surface area contributed by atoms with Gasteiger partial charge in [-0.25, -0.2) is 4.98 Å². The first-order valence-corrected chi connectivity index (χ1v) is 8.36. The van der Waals surface area contributed by atoms with Crippen molar-refractivity contribution in [2.75, 3.05) is 25.0 Å². The van der Waals surface area contributed by atoms with Crippen molar-refractivity contribution < 1.29 is 0 Å². The summed E-state index contributed by atoms with van der Waals surface area (Å²) in [5.74, 6) is 1.78. The molecule has 0 amide bonds. The second-order valence-corrected chi connectivity index (χ2v) is 6.66. The number of likely N-dealkylation sites (N-methyl/N-ethyl adjacent to an activating group) is 1. The Morgan fingerprint density at radius 3 is 2.83 bits per heavy atom. The van der Waals surface area contributed by atoms with Crippen molar-refractivity contribution in [1.82, 2.24) is 24.5 Å². The summed E-state index contributed by atoms with van der Waals surface area (Å²) >= 11 is 6.26. The Bertz CT molecular complexity index is 870. The molecule has 0 atom stereocenters. The molecule has 24 heavy (non-hydrogen) atoms. The van der Waals surface area contributed by atoms with E-state index in [4.69, 9.17) is 11.6 Å². The van der Waals surface area contributed by atoms with Crippen molar-refractivity contribution >= 4 is 23.1 Å². The number of aromatic nitrogens is 4. The van der Waals surface area contributed by atoms with Crippen molar-refractivity contribution in [3.8, 4) is 0 Å². The zero-order chi connectivity index (χ0) is 16.7. The van der Waals surface area contributed by atoms with E-state index in [9.17, 15) is 0 Å². The van der Waals surface area contributed by atoms with Gasteiger partial charge in [0.05, 0.1) is 0 Å². The maximum Gasteiger partial charge on any atom is 0.203 e. The van der Waals surface area contributed by atoms with Crippen molar-refractivity contribution in [3.63, 3.8) is 0 Å². The van der Waals surface area contributed by atoms with Crippen LogP contribution in [0.25, 0.3) is 5.65 Å². The molecule has 1 aliphatic rings. The number of anilines is 1. The molecule has 0 spiro atoms. The highest BCUT2D eigenvalue weighted by Crippen LogP contribution is 2.26. The van der Waals surface area contributed by atoms with E-state index in [0.717, 1.165) is 47.5 Å². The molecule has 0 unspecified atom stereocenters. The van der Waals surface area contributed by atoms with Crippen molar-refractivity contribution in [3.05, 3.63) is 53.1 Å². The quantitative estimate of drug-likeness (QED) is 0.728. The number of hydrogen-bond donors (Lipinski definition) is 0. The third kappa shape index (κ3) is 2.61. The number of rotatable bonds is 4. The van der Waals surface area contributed by atoms with Crippen LogP contribution in [0.15, 0.2) is 36.7 Å². The van der Waals surface area contributed by atoms with Crippen LogP contribution in [0.1, 0.15) is 11.4 Å². The Morgan fingerprint density at radius 2 is 2.04 bits per heavy atom. The van der Waals surface area contributed by atoms with E-state index >= 15 is 0 Å². The van der Waals surface area contributed by atoms with Crippen LogP contribution in [0.5, 0.6) is 0 Å². The van der Waals surface area contributed by atoms with Crippen molar-refractivity contribution in [2.45, 2.75) is 19.5 Å². The molecule has 1 aliphatic heterocycles. The fraction of sp³-hybridized carbons (Fsp3) is 0.353. The monoisotopic (exact) mass is 342 g/mol. The van der Waals surface area contributed by atoms with Gasteiger partial charge in [-0.2, -0.15) is 0 Å². The van der Waals surface area contributed by atoms with Gasteiger partial charge in [0.2, 0.25) is 5.65 Å². The van der Waals surface area contributed by atoms with Gasteiger partial charge in [0, 0.05) is 43.1 Å². The molecule has 1 aromatic carbocycles. The Labute approximate surface area is 145 Å². The number of fused-ring (bicyclic) bond motifs is 1. The highest BCUT2D eigenvalue weighted by atomic mass is 35.5. The molecule has 0 bridgehead atoms. The van der Waals surface area contributed by atoms with Gasteiger partial charge in [0.25, 0.3) is 0 Å². The fourth-order valence-corrected chi connectivity index (χ4v) is 3.28. The first-order valence-electron chi connectivity index (χ1n) is 7.98. The maximum atomic E-state index is 6.26. The summed E-state index contributed by atoms with van der Waals surface area (Å²) in [6, 6.07) is 8.49. The zero-order valence-electron chi connectivity index (χ0n) is 13.7. The second kappa shape index (κ2) is 6.03. The summed E-state index contributed by atoms with van der Waals surface area (Å²) in [4.78, 5) is 9.08. The lowest BCUT2D eigenvalue weighted by molar-refractivity contribution is 0.197. The van der Waals surface area contributed by atoms with Gasteiger partial charge < -0.3 is 4.90 Å². The largest absolute Gasteiger partial charge is 0.350 e. The summed E-state index contributed by atoms with van der Waals surface area (Å²) in [5.41, 5.74) is 1.98. The zero-order valence-corrected chi connectivity index (χ0v) is 14.5. The molecule has 6 nitrogen and oxygen atoms in total. The summed E-state index contributed by atoms with van der Waals surface area (Å²) in [5, 5.41) is 9.21. The fourth-order valence-electron chi connectivity index (χ4n) is 3.08. The first kappa shape index (κ1) is 15.4. The molecule has 0 N–H and O–H groups in total. The van der Waals surface area contributed by atoms with Crippen LogP contribution < -0.4 is 4.90 Å². The Balaban J connectivity index is 1.45. The number of halogens is 1. The van der Waals surface area contributed by atoms with Crippen LogP contribution >= 0.6 is 11.6 Å². The van der Waals surface area contributed by atoms with Gasteiger partial charge in [-0.15, -0.1) is 10.2 Å². The van der Waals surface area contributed by atoms with Crippen LogP contribution in [0, 0.1) is 6.92 Å². The van der Waals surface area contributed by atoms with E-state index in [-0.39, 0.29) is 0 Å². The van der Waals surface area contributed by atoms with Crippen LogP contribution in [0.3, 0.4) is 0 Å². The minimum atomic E-state index is 0.479. The molecule has 0 radical (unpaired) electrons. The van der Waals surface area contributed by atoms with Crippen LogP contribution in [-0.4, -0.2) is 50.7 Å². The molecular formula is C17H19ClN6. The van der Waals surface area contributed by atoms with E-state index in [0.29, 0.717) is 6.04 Å². The molecule has 3 heterocycles. The van der Waals surface area contributed by atoms with Gasteiger partial charge in [0.15, 0.2) is 5.82 Å². The Kier molecular flexibility index (Phi) is 3.86. The highest BCUT2D eigenvalue weighted by molar-refractivity contribution is 6.31. The van der Waals surface area contributed by atoms with Crippen LogP contribution in [0.2, 0.25) is 5.02 Å². The lowest BCUT2D eigenvalue weighted by Gasteiger charge is -2.44. The van der Waals surface area contributed by atoms with Gasteiger partial charge in [0.1, 0.15) is 5.82 Å². The second-order valence-electron chi connectivity index (χ2n) is 6.26. The molecule has 1 saturated heterocycles. The maximum absolute atomic E-state index is 6.26. The normalized spacial score (nSPS) is 15.2. The molecule has 124 valence electrons. The van der Waals surface area contributed by atoms with E-state index < -0.39 is 0 Å². The Morgan fingerprint density at radius 1 is 1.25 bits per heavy atom. The van der Waals surface area contributed by atoms with Gasteiger partial charge in [-0.1, -0.05) is 29.8 Å². The van der Waals surface area contributed by atoms with Crippen molar-refractivity contribution in [1.29, 1.82) is 0 Å². The van der Waals surface area contributed by atoms with Crippen molar-refractivity contribution in [2.24, 2.45) is 0 Å². The van der Waals surface area contributed by atoms with E-state index in [1.165, 1.54) is 0 Å². The molecule has 0 saturated carbocycles. The SMILES string of the molecule is Cc1nnc2c(N3CC(N(C)Cc4ccccc4Cl)C3)nccn12. The third-order valence-electron chi connectivity index (χ3n) is 4.64. The smallest absolute Gasteiger partial charge is 0.203 e. The minimum Gasteiger partial charge on any atom is -0.350 e. The third-order valence-corrected chi connectivity index (χ3v) is 5.01.